The number of nitrogens with zero attached hydrogens (tertiary/aromatic N) is 3. The fourth-order valence-corrected chi connectivity index (χ4v) is 4.60. The van der Waals surface area contributed by atoms with Crippen molar-refractivity contribution in [2.24, 2.45) is 0 Å². The van der Waals surface area contributed by atoms with Gasteiger partial charge in [-0.1, -0.05) is 12.1 Å². The van der Waals surface area contributed by atoms with Crippen LogP contribution in [0.25, 0.3) is 0 Å². The number of amides is 1. The van der Waals surface area contributed by atoms with E-state index in [9.17, 15) is 13.2 Å². The number of benzene rings is 1. The molecular weight excluding hydrogens is 366 g/mol. The van der Waals surface area contributed by atoms with Gasteiger partial charge in [0.25, 0.3) is 5.91 Å². The first-order valence-corrected chi connectivity index (χ1v) is 11.3. The molecule has 2 saturated heterocycles. The fraction of sp³-hybridized carbons (Fsp3) is 0.632. The van der Waals surface area contributed by atoms with E-state index in [-0.39, 0.29) is 12.0 Å². The molecule has 8 heteroatoms. The number of carbonyl (C=O) groups excluding carboxylic acids is 1. The molecule has 2 fully saturated rings. The minimum absolute atomic E-state index is 0.00326. The van der Waals surface area contributed by atoms with Crippen LogP contribution in [-0.2, 0) is 10.0 Å². The molecule has 0 bridgehead atoms. The summed E-state index contributed by atoms with van der Waals surface area (Å²) in [5.41, 5.74) is 0.586. The molecule has 7 nitrogen and oxygen atoms in total. The van der Waals surface area contributed by atoms with Gasteiger partial charge in [-0.3, -0.25) is 4.79 Å². The predicted octanol–water partition coefficient (Wildman–Crippen LogP) is 1.27. The Morgan fingerprint density at radius 1 is 1.11 bits per heavy atom. The summed E-state index contributed by atoms with van der Waals surface area (Å²) < 4.78 is 30.9. The van der Waals surface area contributed by atoms with Gasteiger partial charge in [-0.2, -0.15) is 0 Å². The number of sulfonamides is 1. The average Bonchev–Trinajstić information content (AvgIpc) is 3.12. The Hall–Kier alpha value is -1.64. The third-order valence-corrected chi connectivity index (χ3v) is 6.77. The minimum atomic E-state index is -3.15. The highest BCUT2D eigenvalue weighted by molar-refractivity contribution is 7.88. The normalized spacial score (nSPS) is 22.4. The summed E-state index contributed by atoms with van der Waals surface area (Å²) in [4.78, 5) is 17.0. The van der Waals surface area contributed by atoms with E-state index >= 15 is 0 Å². The Morgan fingerprint density at radius 2 is 1.78 bits per heavy atom. The molecule has 0 unspecified atom stereocenters. The van der Waals surface area contributed by atoms with Crippen LogP contribution >= 0.6 is 0 Å². The Labute approximate surface area is 161 Å². The van der Waals surface area contributed by atoms with Crippen LogP contribution in [0.4, 0.5) is 0 Å². The molecule has 1 amide bonds. The quantitative estimate of drug-likeness (QED) is 0.751. The van der Waals surface area contributed by atoms with Gasteiger partial charge in [0.15, 0.2) is 0 Å². The summed E-state index contributed by atoms with van der Waals surface area (Å²) in [6.45, 7) is 2.39. The number of carbonyl (C=O) groups is 1. The molecule has 0 N–H and O–H groups in total. The van der Waals surface area contributed by atoms with Crippen molar-refractivity contribution in [3.05, 3.63) is 29.8 Å². The van der Waals surface area contributed by atoms with Gasteiger partial charge < -0.3 is 14.5 Å². The van der Waals surface area contributed by atoms with Crippen LogP contribution in [0.5, 0.6) is 5.75 Å². The number of para-hydroxylation sites is 1. The van der Waals surface area contributed by atoms with Crippen LogP contribution in [0.15, 0.2) is 24.3 Å². The molecule has 1 atom stereocenters. The van der Waals surface area contributed by atoms with Crippen LogP contribution in [0, 0.1) is 0 Å². The molecule has 2 heterocycles. The lowest BCUT2D eigenvalue weighted by atomic mass is 10.1. The molecule has 0 radical (unpaired) electrons. The van der Waals surface area contributed by atoms with Crippen molar-refractivity contribution in [3.63, 3.8) is 0 Å². The van der Waals surface area contributed by atoms with Crippen molar-refractivity contribution in [2.75, 3.05) is 46.5 Å². The molecule has 2 aliphatic heterocycles. The third kappa shape index (κ3) is 4.80. The van der Waals surface area contributed by atoms with E-state index in [1.807, 2.05) is 43.3 Å². The number of hydrogen-bond acceptors (Lipinski definition) is 5. The predicted molar refractivity (Wildman–Crippen MR) is 105 cm³/mol. The van der Waals surface area contributed by atoms with E-state index in [0.717, 1.165) is 19.5 Å². The van der Waals surface area contributed by atoms with Gasteiger partial charge in [0.1, 0.15) is 11.9 Å². The van der Waals surface area contributed by atoms with E-state index in [1.165, 1.54) is 10.6 Å². The molecule has 150 valence electrons. The van der Waals surface area contributed by atoms with Crippen LogP contribution in [-0.4, -0.2) is 87.1 Å². The highest BCUT2D eigenvalue weighted by Crippen LogP contribution is 2.26. The highest BCUT2D eigenvalue weighted by Gasteiger charge is 2.31. The highest BCUT2D eigenvalue weighted by atomic mass is 32.2. The molecular formula is C19H29N3O4S. The molecule has 27 heavy (non-hydrogen) atoms. The molecule has 0 spiro atoms. The Morgan fingerprint density at radius 3 is 2.37 bits per heavy atom. The second-order valence-corrected chi connectivity index (χ2v) is 9.62. The number of hydrogen-bond donors (Lipinski definition) is 0. The zero-order valence-electron chi connectivity index (χ0n) is 16.3. The summed E-state index contributed by atoms with van der Waals surface area (Å²) in [6, 6.07) is 7.75. The van der Waals surface area contributed by atoms with Gasteiger partial charge in [0.05, 0.1) is 11.8 Å². The molecule has 0 aliphatic carbocycles. The first kappa shape index (κ1) is 20.1. The lowest BCUT2D eigenvalue weighted by Crippen LogP contribution is -2.41. The summed E-state index contributed by atoms with van der Waals surface area (Å²) in [6.07, 6.45) is 3.39. The minimum Gasteiger partial charge on any atom is -0.489 e. The smallest absolute Gasteiger partial charge is 0.257 e. The molecule has 2 aliphatic rings. The van der Waals surface area contributed by atoms with E-state index in [1.54, 1.807) is 0 Å². The van der Waals surface area contributed by atoms with Gasteiger partial charge in [-0.25, -0.2) is 12.7 Å². The van der Waals surface area contributed by atoms with Crippen LogP contribution in [0.3, 0.4) is 0 Å². The monoisotopic (exact) mass is 395 g/mol. The first-order chi connectivity index (χ1) is 12.8. The molecule has 0 saturated carbocycles. The summed E-state index contributed by atoms with van der Waals surface area (Å²) in [5.74, 6) is 0.595. The van der Waals surface area contributed by atoms with Crippen molar-refractivity contribution < 1.29 is 17.9 Å². The maximum absolute atomic E-state index is 13.0. The molecule has 1 aromatic rings. The second-order valence-electron chi connectivity index (χ2n) is 7.63. The van der Waals surface area contributed by atoms with Gasteiger partial charge in [-0.05, 0) is 45.5 Å². The molecule has 0 aromatic heterocycles. The van der Waals surface area contributed by atoms with Gasteiger partial charge in [0.2, 0.25) is 10.0 Å². The second kappa shape index (κ2) is 8.16. The SMILES string of the molecule is CN(C)[C@@H]1CCN(C(=O)c2ccccc2OC2CCN(S(C)(=O)=O)CC2)C1. The van der Waals surface area contributed by atoms with E-state index in [2.05, 4.69) is 4.90 Å². The van der Waals surface area contributed by atoms with E-state index in [4.69, 9.17) is 4.74 Å². The summed E-state index contributed by atoms with van der Waals surface area (Å²) in [5, 5.41) is 0. The van der Waals surface area contributed by atoms with Crippen molar-refractivity contribution in [1.82, 2.24) is 14.1 Å². The van der Waals surface area contributed by atoms with Gasteiger partial charge >= 0.3 is 0 Å². The zero-order valence-corrected chi connectivity index (χ0v) is 17.1. The van der Waals surface area contributed by atoms with Crippen molar-refractivity contribution >= 4 is 15.9 Å². The van der Waals surface area contributed by atoms with E-state index < -0.39 is 10.0 Å². The van der Waals surface area contributed by atoms with Crippen LogP contribution < -0.4 is 4.74 Å². The van der Waals surface area contributed by atoms with Crippen LogP contribution in [0.2, 0.25) is 0 Å². The number of ether oxygens (including phenoxy) is 1. The maximum Gasteiger partial charge on any atom is 0.257 e. The lowest BCUT2D eigenvalue weighted by Gasteiger charge is -2.31. The van der Waals surface area contributed by atoms with Crippen molar-refractivity contribution in [2.45, 2.75) is 31.4 Å². The maximum atomic E-state index is 13.0. The van der Waals surface area contributed by atoms with Gasteiger partial charge in [0, 0.05) is 32.2 Å². The topological polar surface area (TPSA) is 70.2 Å². The first-order valence-electron chi connectivity index (χ1n) is 9.42. The van der Waals surface area contributed by atoms with Crippen molar-refractivity contribution in [3.8, 4) is 5.75 Å². The fourth-order valence-electron chi connectivity index (χ4n) is 3.73. The largest absolute Gasteiger partial charge is 0.489 e. The number of likely N-dealkylation sites (tertiary alicyclic amines) is 1. The standard InChI is InChI=1S/C19H29N3O4S/c1-20(2)15-8-11-21(14-15)19(23)17-6-4-5-7-18(17)26-16-9-12-22(13-10-16)27(3,24)25/h4-7,15-16H,8-14H2,1-3H3/t15-/m1/s1. The van der Waals surface area contributed by atoms with Gasteiger partial charge in [-0.15, -0.1) is 0 Å². The number of rotatable bonds is 5. The van der Waals surface area contributed by atoms with E-state index in [0.29, 0.717) is 43.3 Å². The lowest BCUT2D eigenvalue weighted by molar-refractivity contribution is 0.0770. The average molecular weight is 396 g/mol. The Bertz CT molecular complexity index is 773. The van der Waals surface area contributed by atoms with Crippen molar-refractivity contribution in [1.29, 1.82) is 0 Å². The zero-order chi connectivity index (χ0) is 19.6. The Balaban J connectivity index is 1.66. The summed E-state index contributed by atoms with van der Waals surface area (Å²) >= 11 is 0. The molecule has 3 rings (SSSR count). The number of piperidine rings is 1. The summed E-state index contributed by atoms with van der Waals surface area (Å²) in [7, 11) is 0.926. The van der Waals surface area contributed by atoms with Crippen LogP contribution in [0.1, 0.15) is 29.6 Å². The molecule has 1 aromatic carbocycles. The number of likely N-dealkylation sites (N-methyl/N-ethyl adjacent to an activating group) is 1. The Kier molecular flexibility index (Phi) is 6.08. The third-order valence-electron chi connectivity index (χ3n) is 5.46.